The van der Waals surface area contributed by atoms with Gasteiger partial charge in [0.1, 0.15) is 6.04 Å². The molecule has 1 N–H and O–H groups in total. The second-order valence-corrected chi connectivity index (χ2v) is 8.96. The van der Waals surface area contributed by atoms with Crippen LogP contribution in [0.2, 0.25) is 10.0 Å². The SMILES string of the molecule is Cc1cc(C)cc(N([C@@H](C)C(=O)Nc2cc(Cl)cc(Cl)c2)S(C)(=O)=O)c1. The zero-order chi connectivity index (χ0) is 19.6. The van der Waals surface area contributed by atoms with E-state index in [4.69, 9.17) is 23.2 Å². The van der Waals surface area contributed by atoms with Crippen LogP contribution in [0.25, 0.3) is 0 Å². The summed E-state index contributed by atoms with van der Waals surface area (Å²) in [5.41, 5.74) is 2.65. The molecule has 2 aromatic carbocycles. The van der Waals surface area contributed by atoms with E-state index in [1.807, 2.05) is 19.9 Å². The van der Waals surface area contributed by atoms with Gasteiger partial charge in [-0.3, -0.25) is 9.10 Å². The maximum atomic E-state index is 12.7. The fourth-order valence-electron chi connectivity index (χ4n) is 2.76. The van der Waals surface area contributed by atoms with Gasteiger partial charge in [-0.05, 0) is 62.2 Å². The van der Waals surface area contributed by atoms with Crippen molar-refractivity contribution in [3.63, 3.8) is 0 Å². The molecule has 0 saturated heterocycles. The number of anilines is 2. The number of amides is 1. The topological polar surface area (TPSA) is 66.5 Å². The number of nitrogens with zero attached hydrogens (tertiary/aromatic N) is 1. The molecule has 0 aliphatic rings. The van der Waals surface area contributed by atoms with Crippen LogP contribution in [0.3, 0.4) is 0 Å². The molecule has 140 valence electrons. The highest BCUT2D eigenvalue weighted by molar-refractivity contribution is 7.92. The first-order valence-electron chi connectivity index (χ1n) is 7.82. The zero-order valence-electron chi connectivity index (χ0n) is 14.9. The van der Waals surface area contributed by atoms with Gasteiger partial charge in [-0.2, -0.15) is 0 Å². The number of carbonyl (C=O) groups excluding carboxylic acids is 1. The standard InChI is InChI=1S/C18H20Cl2N2O3S/c1-11-5-12(2)7-17(6-11)22(26(4,24)25)13(3)18(23)21-16-9-14(19)8-15(20)10-16/h5-10,13H,1-4H3,(H,21,23)/t13-/m0/s1. The van der Waals surface area contributed by atoms with Crippen LogP contribution in [0.4, 0.5) is 11.4 Å². The monoisotopic (exact) mass is 414 g/mol. The number of carbonyl (C=O) groups is 1. The fraction of sp³-hybridized carbons (Fsp3) is 0.278. The smallest absolute Gasteiger partial charge is 0.247 e. The molecule has 0 heterocycles. The van der Waals surface area contributed by atoms with Gasteiger partial charge in [0.25, 0.3) is 0 Å². The molecule has 5 nitrogen and oxygen atoms in total. The van der Waals surface area contributed by atoms with Gasteiger partial charge >= 0.3 is 0 Å². The second kappa shape index (κ2) is 7.86. The average Bonchev–Trinajstić information content (AvgIpc) is 2.43. The van der Waals surface area contributed by atoms with E-state index in [-0.39, 0.29) is 0 Å². The molecular weight excluding hydrogens is 395 g/mol. The predicted octanol–water partition coefficient (Wildman–Crippen LogP) is 4.40. The van der Waals surface area contributed by atoms with Crippen molar-refractivity contribution in [1.29, 1.82) is 0 Å². The van der Waals surface area contributed by atoms with E-state index in [1.54, 1.807) is 30.3 Å². The minimum Gasteiger partial charge on any atom is -0.324 e. The van der Waals surface area contributed by atoms with E-state index in [2.05, 4.69) is 5.32 Å². The van der Waals surface area contributed by atoms with Crippen LogP contribution in [0.15, 0.2) is 36.4 Å². The molecule has 1 atom stereocenters. The van der Waals surface area contributed by atoms with Crippen LogP contribution in [-0.4, -0.2) is 26.6 Å². The van der Waals surface area contributed by atoms with E-state index < -0.39 is 22.0 Å². The third-order valence-electron chi connectivity index (χ3n) is 3.68. The van der Waals surface area contributed by atoms with Crippen molar-refractivity contribution in [1.82, 2.24) is 0 Å². The summed E-state index contributed by atoms with van der Waals surface area (Å²) >= 11 is 11.9. The van der Waals surface area contributed by atoms with Crippen molar-refractivity contribution >= 4 is 50.5 Å². The van der Waals surface area contributed by atoms with Gasteiger partial charge in [-0.25, -0.2) is 8.42 Å². The van der Waals surface area contributed by atoms with E-state index in [9.17, 15) is 13.2 Å². The van der Waals surface area contributed by atoms with Crippen LogP contribution in [0, 0.1) is 13.8 Å². The zero-order valence-corrected chi connectivity index (χ0v) is 17.2. The third kappa shape index (κ3) is 5.13. The lowest BCUT2D eigenvalue weighted by Gasteiger charge is -2.28. The molecule has 0 fully saturated rings. The van der Waals surface area contributed by atoms with Gasteiger partial charge in [0.2, 0.25) is 15.9 Å². The van der Waals surface area contributed by atoms with Gasteiger partial charge in [-0.1, -0.05) is 29.3 Å². The summed E-state index contributed by atoms with van der Waals surface area (Å²) in [4.78, 5) is 12.7. The number of hydrogen-bond donors (Lipinski definition) is 1. The van der Waals surface area contributed by atoms with E-state index >= 15 is 0 Å². The Morgan fingerprint density at radius 3 is 1.96 bits per heavy atom. The van der Waals surface area contributed by atoms with Gasteiger partial charge in [0.15, 0.2) is 0 Å². The first-order chi connectivity index (χ1) is 12.0. The number of sulfonamides is 1. The maximum absolute atomic E-state index is 12.7. The molecule has 0 bridgehead atoms. The van der Waals surface area contributed by atoms with Crippen LogP contribution in [0.1, 0.15) is 18.1 Å². The third-order valence-corrected chi connectivity index (χ3v) is 5.36. The summed E-state index contributed by atoms with van der Waals surface area (Å²) in [5, 5.41) is 3.40. The molecular formula is C18H20Cl2N2O3S. The van der Waals surface area contributed by atoms with E-state index in [1.165, 1.54) is 6.92 Å². The molecule has 0 radical (unpaired) electrons. The molecule has 0 aromatic heterocycles. The Labute approximate surface area is 164 Å². The summed E-state index contributed by atoms with van der Waals surface area (Å²) < 4.78 is 25.8. The number of rotatable bonds is 5. The van der Waals surface area contributed by atoms with Crippen LogP contribution in [-0.2, 0) is 14.8 Å². The normalized spacial score (nSPS) is 12.5. The lowest BCUT2D eigenvalue weighted by atomic mass is 10.1. The van der Waals surface area contributed by atoms with Crippen molar-refractivity contribution in [2.24, 2.45) is 0 Å². The van der Waals surface area contributed by atoms with Crippen molar-refractivity contribution in [3.8, 4) is 0 Å². The Morgan fingerprint density at radius 2 is 1.50 bits per heavy atom. The Bertz CT molecular complexity index is 905. The number of aryl methyl sites for hydroxylation is 2. The highest BCUT2D eigenvalue weighted by atomic mass is 35.5. The highest BCUT2D eigenvalue weighted by Gasteiger charge is 2.29. The van der Waals surface area contributed by atoms with Gasteiger partial charge in [0, 0.05) is 15.7 Å². The van der Waals surface area contributed by atoms with Gasteiger partial charge < -0.3 is 5.32 Å². The van der Waals surface area contributed by atoms with Crippen molar-refractivity contribution in [3.05, 3.63) is 57.6 Å². The molecule has 0 aliphatic heterocycles. The van der Waals surface area contributed by atoms with Crippen LogP contribution in [0.5, 0.6) is 0 Å². The minimum atomic E-state index is -3.68. The fourth-order valence-corrected chi connectivity index (χ4v) is 4.44. The largest absolute Gasteiger partial charge is 0.324 e. The number of halogens is 2. The summed E-state index contributed by atoms with van der Waals surface area (Å²) in [6.07, 6.45) is 1.07. The quantitative estimate of drug-likeness (QED) is 0.787. The van der Waals surface area contributed by atoms with Gasteiger partial charge in [0.05, 0.1) is 11.9 Å². The maximum Gasteiger partial charge on any atom is 0.247 e. The second-order valence-electron chi connectivity index (χ2n) is 6.23. The summed E-state index contributed by atoms with van der Waals surface area (Å²) in [6, 6.07) is 9.05. The van der Waals surface area contributed by atoms with Crippen molar-refractivity contribution in [2.75, 3.05) is 15.9 Å². The summed E-state index contributed by atoms with van der Waals surface area (Å²) in [5.74, 6) is -0.493. The highest BCUT2D eigenvalue weighted by Crippen LogP contribution is 2.26. The Hall–Kier alpha value is -1.76. The first kappa shape index (κ1) is 20.6. The lowest BCUT2D eigenvalue weighted by Crippen LogP contribution is -2.45. The number of nitrogens with one attached hydrogen (secondary N) is 1. The first-order valence-corrected chi connectivity index (χ1v) is 10.4. The molecule has 26 heavy (non-hydrogen) atoms. The number of benzene rings is 2. The summed E-state index contributed by atoms with van der Waals surface area (Å²) in [6.45, 7) is 5.27. The lowest BCUT2D eigenvalue weighted by molar-refractivity contribution is -0.116. The molecule has 1 amide bonds. The Kier molecular flexibility index (Phi) is 6.21. The molecule has 0 aliphatic carbocycles. The van der Waals surface area contributed by atoms with E-state index in [0.29, 0.717) is 21.4 Å². The molecule has 2 rings (SSSR count). The Morgan fingerprint density at radius 1 is 1.00 bits per heavy atom. The van der Waals surface area contributed by atoms with Gasteiger partial charge in [-0.15, -0.1) is 0 Å². The molecule has 2 aromatic rings. The predicted molar refractivity (Wildman–Crippen MR) is 108 cm³/mol. The summed E-state index contributed by atoms with van der Waals surface area (Å²) in [7, 11) is -3.68. The average molecular weight is 415 g/mol. The minimum absolute atomic E-state index is 0.370. The van der Waals surface area contributed by atoms with Crippen LogP contribution < -0.4 is 9.62 Å². The van der Waals surface area contributed by atoms with Crippen LogP contribution >= 0.6 is 23.2 Å². The molecule has 0 spiro atoms. The Balaban J connectivity index is 2.37. The molecule has 0 unspecified atom stereocenters. The van der Waals surface area contributed by atoms with Crippen molar-refractivity contribution < 1.29 is 13.2 Å². The molecule has 8 heteroatoms. The molecule has 0 saturated carbocycles. The van der Waals surface area contributed by atoms with Crippen molar-refractivity contribution in [2.45, 2.75) is 26.8 Å². The van der Waals surface area contributed by atoms with E-state index in [0.717, 1.165) is 21.7 Å². The number of hydrogen-bond acceptors (Lipinski definition) is 3.